The highest BCUT2D eigenvalue weighted by Gasteiger charge is 2.28. The Labute approximate surface area is 187 Å². The van der Waals surface area contributed by atoms with Crippen molar-refractivity contribution in [2.45, 2.75) is 116 Å². The maximum absolute atomic E-state index is 11.8. The van der Waals surface area contributed by atoms with Crippen molar-refractivity contribution in [2.75, 3.05) is 13.1 Å². The Morgan fingerprint density at radius 2 is 1.06 bits per heavy atom. The second-order valence-electron chi connectivity index (χ2n) is 8.63. The van der Waals surface area contributed by atoms with Gasteiger partial charge in [-0.1, -0.05) is 77.0 Å². The van der Waals surface area contributed by atoms with Crippen molar-refractivity contribution in [1.29, 1.82) is 0 Å². The summed E-state index contributed by atoms with van der Waals surface area (Å²) in [7, 11) is 0. The van der Waals surface area contributed by atoms with Gasteiger partial charge in [0.25, 0.3) is 0 Å². The van der Waals surface area contributed by atoms with Gasteiger partial charge in [0.1, 0.15) is 0 Å². The van der Waals surface area contributed by atoms with Crippen molar-refractivity contribution in [1.82, 2.24) is 10.2 Å². The molecule has 1 heterocycles. The third-order valence-corrected chi connectivity index (χ3v) is 5.86. The van der Waals surface area contributed by atoms with Gasteiger partial charge in [0.15, 0.2) is 0 Å². The zero-order valence-corrected chi connectivity index (χ0v) is 19.2. The number of carboxylic acids is 1. The summed E-state index contributed by atoms with van der Waals surface area (Å²) < 4.78 is 0. The summed E-state index contributed by atoms with van der Waals surface area (Å²) in [6, 6.07) is 0. The quantitative estimate of drug-likeness (QED) is 0.214. The molecular formula is C24H42N2O5. The first-order valence-corrected chi connectivity index (χ1v) is 12.3. The van der Waals surface area contributed by atoms with Gasteiger partial charge in [0.05, 0.1) is 0 Å². The molecule has 0 unspecified atom stereocenters. The van der Waals surface area contributed by atoms with E-state index >= 15 is 0 Å². The van der Waals surface area contributed by atoms with E-state index in [0.29, 0.717) is 32.2 Å². The van der Waals surface area contributed by atoms with Crippen LogP contribution in [-0.4, -0.2) is 46.8 Å². The van der Waals surface area contributed by atoms with Crippen LogP contribution in [0, 0.1) is 0 Å². The third kappa shape index (κ3) is 14.7. The Kier molecular flexibility index (Phi) is 15.5. The Hall–Kier alpha value is -1.92. The summed E-state index contributed by atoms with van der Waals surface area (Å²) in [6.07, 6.45) is 17.7. The highest BCUT2D eigenvalue weighted by atomic mass is 16.4. The molecule has 1 fully saturated rings. The van der Waals surface area contributed by atoms with E-state index in [9.17, 15) is 19.2 Å². The SMILES string of the molecule is O=C(O)CCCCCCCCCCCCCCCCC(=O)NCCN1C(=O)CCC1=O. The van der Waals surface area contributed by atoms with Crippen LogP contribution in [0.15, 0.2) is 0 Å². The molecule has 1 aliphatic rings. The zero-order valence-electron chi connectivity index (χ0n) is 19.2. The van der Waals surface area contributed by atoms with E-state index in [2.05, 4.69) is 5.32 Å². The zero-order chi connectivity index (χ0) is 22.7. The number of unbranched alkanes of at least 4 members (excludes halogenated alkanes) is 13. The number of nitrogens with one attached hydrogen (secondary N) is 1. The predicted molar refractivity (Wildman–Crippen MR) is 120 cm³/mol. The molecule has 0 spiro atoms. The molecule has 178 valence electrons. The summed E-state index contributed by atoms with van der Waals surface area (Å²) in [5, 5.41) is 11.4. The minimum Gasteiger partial charge on any atom is -0.481 e. The highest BCUT2D eigenvalue weighted by molar-refractivity contribution is 6.01. The Morgan fingerprint density at radius 1 is 0.677 bits per heavy atom. The Morgan fingerprint density at radius 3 is 1.48 bits per heavy atom. The van der Waals surface area contributed by atoms with Crippen LogP contribution in [0.2, 0.25) is 0 Å². The smallest absolute Gasteiger partial charge is 0.303 e. The maximum atomic E-state index is 11.8. The summed E-state index contributed by atoms with van der Waals surface area (Å²) in [5.41, 5.74) is 0. The lowest BCUT2D eigenvalue weighted by molar-refractivity contribution is -0.139. The van der Waals surface area contributed by atoms with Crippen molar-refractivity contribution in [3.8, 4) is 0 Å². The molecule has 0 bridgehead atoms. The van der Waals surface area contributed by atoms with Crippen molar-refractivity contribution in [3.05, 3.63) is 0 Å². The second-order valence-corrected chi connectivity index (χ2v) is 8.63. The van der Waals surface area contributed by atoms with Crippen molar-refractivity contribution < 1.29 is 24.3 Å². The minimum atomic E-state index is -0.687. The average molecular weight is 439 g/mol. The van der Waals surface area contributed by atoms with Crippen molar-refractivity contribution in [2.24, 2.45) is 0 Å². The van der Waals surface area contributed by atoms with Gasteiger partial charge in [-0.15, -0.1) is 0 Å². The van der Waals surface area contributed by atoms with Gasteiger partial charge in [-0.2, -0.15) is 0 Å². The van der Waals surface area contributed by atoms with Crippen LogP contribution in [0.25, 0.3) is 0 Å². The molecule has 0 aromatic rings. The van der Waals surface area contributed by atoms with E-state index < -0.39 is 5.97 Å². The number of amides is 3. The third-order valence-electron chi connectivity index (χ3n) is 5.86. The van der Waals surface area contributed by atoms with Crippen LogP contribution < -0.4 is 5.32 Å². The molecule has 0 saturated carbocycles. The number of carboxylic acid groups (broad SMARTS) is 1. The van der Waals surface area contributed by atoms with Crippen molar-refractivity contribution in [3.63, 3.8) is 0 Å². The molecule has 1 aliphatic heterocycles. The standard InChI is InChI=1S/C24H42N2O5/c27-21(25-19-20-26-22(28)17-18-23(26)29)15-13-11-9-7-5-3-1-2-4-6-8-10-12-14-16-24(30)31/h1-20H2,(H,25,27)(H,30,31). The summed E-state index contributed by atoms with van der Waals surface area (Å²) >= 11 is 0. The molecule has 1 saturated heterocycles. The van der Waals surface area contributed by atoms with Gasteiger partial charge in [-0.3, -0.25) is 24.1 Å². The molecule has 7 heteroatoms. The average Bonchev–Trinajstić information content (AvgIpc) is 3.05. The predicted octanol–water partition coefficient (Wildman–Crippen LogP) is 4.58. The number of likely N-dealkylation sites (tertiary alicyclic amines) is 1. The van der Waals surface area contributed by atoms with Crippen molar-refractivity contribution >= 4 is 23.7 Å². The van der Waals surface area contributed by atoms with Gasteiger partial charge >= 0.3 is 5.97 Å². The van der Waals surface area contributed by atoms with Crippen LogP contribution >= 0.6 is 0 Å². The molecule has 31 heavy (non-hydrogen) atoms. The fourth-order valence-corrected chi connectivity index (χ4v) is 3.95. The molecule has 1 rings (SSSR count). The van der Waals surface area contributed by atoms with E-state index in [0.717, 1.165) is 32.1 Å². The lowest BCUT2D eigenvalue weighted by atomic mass is 10.0. The van der Waals surface area contributed by atoms with Gasteiger partial charge in [0, 0.05) is 38.8 Å². The van der Waals surface area contributed by atoms with Crippen LogP contribution in [-0.2, 0) is 19.2 Å². The van der Waals surface area contributed by atoms with Crippen LogP contribution in [0.5, 0.6) is 0 Å². The molecule has 0 atom stereocenters. The second kappa shape index (κ2) is 17.7. The summed E-state index contributed by atoms with van der Waals surface area (Å²) in [5.74, 6) is -0.956. The molecule has 0 aliphatic carbocycles. The lowest BCUT2D eigenvalue weighted by Crippen LogP contribution is -2.37. The Balaban J connectivity index is 1.77. The first-order chi connectivity index (χ1) is 15.0. The summed E-state index contributed by atoms with van der Waals surface area (Å²) in [4.78, 5) is 46.4. The molecular weight excluding hydrogens is 396 g/mol. The van der Waals surface area contributed by atoms with Crippen LogP contribution in [0.1, 0.15) is 116 Å². The van der Waals surface area contributed by atoms with Crippen LogP contribution in [0.4, 0.5) is 0 Å². The lowest BCUT2D eigenvalue weighted by Gasteiger charge is -2.13. The van der Waals surface area contributed by atoms with E-state index in [1.807, 2.05) is 0 Å². The highest BCUT2D eigenvalue weighted by Crippen LogP contribution is 2.14. The van der Waals surface area contributed by atoms with Gasteiger partial charge in [-0.25, -0.2) is 0 Å². The van der Waals surface area contributed by atoms with Gasteiger partial charge < -0.3 is 10.4 Å². The molecule has 0 aromatic heterocycles. The number of rotatable bonds is 20. The molecule has 2 N–H and O–H groups in total. The Bertz CT molecular complexity index is 534. The largest absolute Gasteiger partial charge is 0.481 e. The number of carbonyl (C=O) groups excluding carboxylic acids is 3. The fourth-order valence-electron chi connectivity index (χ4n) is 3.95. The van der Waals surface area contributed by atoms with E-state index in [1.165, 1.54) is 62.7 Å². The van der Waals surface area contributed by atoms with E-state index in [4.69, 9.17) is 5.11 Å². The minimum absolute atomic E-state index is 0.000908. The number of hydrogen-bond donors (Lipinski definition) is 2. The topological polar surface area (TPSA) is 104 Å². The number of aliphatic carboxylic acids is 1. The molecule has 0 radical (unpaired) electrons. The van der Waals surface area contributed by atoms with Gasteiger partial charge in [0.2, 0.25) is 17.7 Å². The summed E-state index contributed by atoms with van der Waals surface area (Å²) in [6.45, 7) is 0.636. The number of nitrogens with zero attached hydrogens (tertiary/aromatic N) is 1. The molecule has 3 amide bonds. The maximum Gasteiger partial charge on any atom is 0.303 e. The van der Waals surface area contributed by atoms with Crippen LogP contribution in [0.3, 0.4) is 0 Å². The van der Waals surface area contributed by atoms with E-state index in [1.54, 1.807) is 0 Å². The normalized spacial score (nSPS) is 13.7. The van der Waals surface area contributed by atoms with E-state index in [-0.39, 0.29) is 24.3 Å². The molecule has 0 aromatic carbocycles. The number of imide groups is 1. The number of hydrogen-bond acceptors (Lipinski definition) is 4. The first kappa shape index (κ1) is 27.1. The van der Waals surface area contributed by atoms with Gasteiger partial charge in [-0.05, 0) is 12.8 Å². The number of carbonyl (C=O) groups is 4. The first-order valence-electron chi connectivity index (χ1n) is 12.3. The molecule has 7 nitrogen and oxygen atoms in total. The monoisotopic (exact) mass is 438 g/mol. The fraction of sp³-hybridized carbons (Fsp3) is 0.833.